The SMILES string of the molecule is Cc1cc(C2CCCCC2)nc(C(C)(C)N)n1. The third kappa shape index (κ3) is 3.03. The highest BCUT2D eigenvalue weighted by atomic mass is 15.0. The van der Waals surface area contributed by atoms with Gasteiger partial charge in [-0.05, 0) is 39.7 Å². The van der Waals surface area contributed by atoms with Crippen LogP contribution in [0.5, 0.6) is 0 Å². The summed E-state index contributed by atoms with van der Waals surface area (Å²) in [6, 6.07) is 2.13. The topological polar surface area (TPSA) is 51.8 Å². The van der Waals surface area contributed by atoms with Crippen molar-refractivity contribution in [2.75, 3.05) is 0 Å². The summed E-state index contributed by atoms with van der Waals surface area (Å²) in [6.07, 6.45) is 6.56. The number of rotatable bonds is 2. The summed E-state index contributed by atoms with van der Waals surface area (Å²) in [5, 5.41) is 0. The van der Waals surface area contributed by atoms with Crippen LogP contribution >= 0.6 is 0 Å². The van der Waals surface area contributed by atoms with Crippen LogP contribution in [0.1, 0.15) is 69.1 Å². The Labute approximate surface area is 104 Å². The van der Waals surface area contributed by atoms with Crippen molar-refractivity contribution in [3.8, 4) is 0 Å². The van der Waals surface area contributed by atoms with Gasteiger partial charge in [0.05, 0.1) is 5.54 Å². The van der Waals surface area contributed by atoms with Crippen molar-refractivity contribution in [1.29, 1.82) is 0 Å². The van der Waals surface area contributed by atoms with Gasteiger partial charge in [0.25, 0.3) is 0 Å². The van der Waals surface area contributed by atoms with E-state index >= 15 is 0 Å². The lowest BCUT2D eigenvalue weighted by Gasteiger charge is -2.24. The van der Waals surface area contributed by atoms with Crippen LogP contribution in [-0.2, 0) is 5.54 Å². The zero-order valence-electron chi connectivity index (χ0n) is 11.2. The van der Waals surface area contributed by atoms with Crippen molar-refractivity contribution in [1.82, 2.24) is 9.97 Å². The quantitative estimate of drug-likeness (QED) is 0.854. The first-order valence-electron chi connectivity index (χ1n) is 6.62. The molecule has 1 heterocycles. The summed E-state index contributed by atoms with van der Waals surface area (Å²) >= 11 is 0. The van der Waals surface area contributed by atoms with Gasteiger partial charge >= 0.3 is 0 Å². The number of nitrogens with zero attached hydrogens (tertiary/aromatic N) is 2. The second kappa shape index (κ2) is 4.73. The molecule has 0 unspecified atom stereocenters. The van der Waals surface area contributed by atoms with Gasteiger partial charge in [-0.1, -0.05) is 19.3 Å². The standard InChI is InChI=1S/C14H23N3/c1-10-9-12(11-7-5-4-6-8-11)17-13(16-10)14(2,3)15/h9,11H,4-8,15H2,1-3H3. The Hall–Kier alpha value is -0.960. The lowest BCUT2D eigenvalue weighted by atomic mass is 9.86. The van der Waals surface area contributed by atoms with Gasteiger partial charge in [0, 0.05) is 17.3 Å². The lowest BCUT2D eigenvalue weighted by Crippen LogP contribution is -2.32. The van der Waals surface area contributed by atoms with E-state index in [1.165, 1.54) is 37.8 Å². The fourth-order valence-corrected chi connectivity index (χ4v) is 2.49. The summed E-state index contributed by atoms with van der Waals surface area (Å²) in [4.78, 5) is 9.16. The third-order valence-electron chi connectivity index (χ3n) is 3.47. The number of hydrogen-bond acceptors (Lipinski definition) is 3. The molecule has 1 aromatic rings. The highest BCUT2D eigenvalue weighted by Crippen LogP contribution is 2.32. The maximum atomic E-state index is 6.10. The minimum absolute atomic E-state index is 0.449. The molecule has 3 nitrogen and oxygen atoms in total. The molecule has 1 fully saturated rings. The summed E-state index contributed by atoms with van der Waals surface area (Å²) in [5.41, 5.74) is 7.89. The van der Waals surface area contributed by atoms with Gasteiger partial charge in [-0.25, -0.2) is 9.97 Å². The summed E-state index contributed by atoms with van der Waals surface area (Å²) in [5.74, 6) is 1.39. The van der Waals surface area contributed by atoms with E-state index in [1.54, 1.807) is 0 Å². The molecule has 0 aliphatic heterocycles. The van der Waals surface area contributed by atoms with Crippen molar-refractivity contribution < 1.29 is 0 Å². The molecule has 0 amide bonds. The number of hydrogen-bond donors (Lipinski definition) is 1. The molecule has 0 spiro atoms. The van der Waals surface area contributed by atoms with Crippen LogP contribution in [0, 0.1) is 6.92 Å². The fraction of sp³-hybridized carbons (Fsp3) is 0.714. The van der Waals surface area contributed by atoms with Crippen molar-refractivity contribution in [3.63, 3.8) is 0 Å². The minimum atomic E-state index is -0.449. The number of nitrogens with two attached hydrogens (primary N) is 1. The van der Waals surface area contributed by atoms with Gasteiger partial charge in [0.2, 0.25) is 0 Å². The Bertz CT molecular complexity index is 387. The molecule has 2 N–H and O–H groups in total. The predicted octanol–water partition coefficient (Wildman–Crippen LogP) is 3.03. The van der Waals surface area contributed by atoms with Crippen LogP contribution in [0.15, 0.2) is 6.07 Å². The highest BCUT2D eigenvalue weighted by molar-refractivity contribution is 5.17. The van der Waals surface area contributed by atoms with E-state index in [-0.39, 0.29) is 0 Å². The van der Waals surface area contributed by atoms with E-state index in [0.717, 1.165) is 11.5 Å². The molecule has 0 bridgehead atoms. The summed E-state index contributed by atoms with van der Waals surface area (Å²) < 4.78 is 0. The van der Waals surface area contributed by atoms with E-state index in [9.17, 15) is 0 Å². The third-order valence-corrected chi connectivity index (χ3v) is 3.47. The highest BCUT2D eigenvalue weighted by Gasteiger charge is 2.22. The molecule has 0 saturated heterocycles. The zero-order chi connectivity index (χ0) is 12.5. The van der Waals surface area contributed by atoms with Gasteiger partial charge in [0.15, 0.2) is 0 Å². The van der Waals surface area contributed by atoms with Crippen molar-refractivity contribution in [2.24, 2.45) is 5.73 Å². The van der Waals surface area contributed by atoms with E-state index in [4.69, 9.17) is 10.7 Å². The largest absolute Gasteiger partial charge is 0.319 e. The smallest absolute Gasteiger partial charge is 0.148 e. The van der Waals surface area contributed by atoms with Crippen LogP contribution in [0.2, 0.25) is 0 Å². The van der Waals surface area contributed by atoms with Crippen molar-refractivity contribution in [3.05, 3.63) is 23.3 Å². The average molecular weight is 233 g/mol. The van der Waals surface area contributed by atoms with Gasteiger partial charge in [-0.2, -0.15) is 0 Å². The van der Waals surface area contributed by atoms with Crippen molar-refractivity contribution >= 4 is 0 Å². The maximum absolute atomic E-state index is 6.10. The molecular weight excluding hydrogens is 210 g/mol. The first-order valence-corrected chi connectivity index (χ1v) is 6.62. The Balaban J connectivity index is 2.31. The molecule has 3 heteroatoms. The molecular formula is C14H23N3. The zero-order valence-corrected chi connectivity index (χ0v) is 11.2. The molecule has 2 rings (SSSR count). The number of aryl methyl sites for hydroxylation is 1. The van der Waals surface area contributed by atoms with Gasteiger partial charge in [-0.15, -0.1) is 0 Å². The molecule has 0 atom stereocenters. The molecule has 1 aliphatic rings. The second-order valence-electron chi connectivity index (χ2n) is 5.81. The van der Waals surface area contributed by atoms with E-state index in [0.29, 0.717) is 5.92 Å². The van der Waals surface area contributed by atoms with E-state index in [2.05, 4.69) is 11.1 Å². The first-order chi connectivity index (χ1) is 7.97. The van der Waals surface area contributed by atoms with Crippen LogP contribution in [-0.4, -0.2) is 9.97 Å². The fourth-order valence-electron chi connectivity index (χ4n) is 2.49. The Morgan fingerprint density at radius 1 is 1.18 bits per heavy atom. The van der Waals surface area contributed by atoms with Crippen LogP contribution in [0.3, 0.4) is 0 Å². The number of aromatic nitrogens is 2. The Morgan fingerprint density at radius 2 is 1.82 bits per heavy atom. The van der Waals surface area contributed by atoms with Crippen LogP contribution in [0.4, 0.5) is 0 Å². The minimum Gasteiger partial charge on any atom is -0.319 e. The molecule has 1 aromatic heterocycles. The Kier molecular flexibility index (Phi) is 3.48. The van der Waals surface area contributed by atoms with Gasteiger partial charge in [0.1, 0.15) is 5.82 Å². The van der Waals surface area contributed by atoms with Gasteiger partial charge in [-0.3, -0.25) is 0 Å². The predicted molar refractivity (Wildman–Crippen MR) is 69.8 cm³/mol. The normalized spacial score (nSPS) is 18.4. The summed E-state index contributed by atoms with van der Waals surface area (Å²) in [7, 11) is 0. The maximum Gasteiger partial charge on any atom is 0.148 e. The monoisotopic (exact) mass is 233 g/mol. The molecule has 0 aromatic carbocycles. The lowest BCUT2D eigenvalue weighted by molar-refractivity contribution is 0.429. The average Bonchev–Trinajstić information content (AvgIpc) is 2.28. The first kappa shape index (κ1) is 12.5. The summed E-state index contributed by atoms with van der Waals surface area (Å²) in [6.45, 7) is 5.96. The molecule has 94 valence electrons. The van der Waals surface area contributed by atoms with E-state index in [1.807, 2.05) is 20.8 Å². The van der Waals surface area contributed by atoms with Crippen LogP contribution < -0.4 is 5.73 Å². The second-order valence-corrected chi connectivity index (χ2v) is 5.81. The molecule has 17 heavy (non-hydrogen) atoms. The Morgan fingerprint density at radius 3 is 2.41 bits per heavy atom. The molecule has 1 saturated carbocycles. The van der Waals surface area contributed by atoms with E-state index < -0.39 is 5.54 Å². The van der Waals surface area contributed by atoms with Gasteiger partial charge < -0.3 is 5.73 Å². The van der Waals surface area contributed by atoms with Crippen molar-refractivity contribution in [2.45, 2.75) is 64.3 Å². The molecule has 1 aliphatic carbocycles. The van der Waals surface area contributed by atoms with Crippen LogP contribution in [0.25, 0.3) is 0 Å². The molecule has 0 radical (unpaired) electrons.